The van der Waals surface area contributed by atoms with Crippen molar-refractivity contribution in [1.82, 2.24) is 0 Å². The summed E-state index contributed by atoms with van der Waals surface area (Å²) in [6, 6.07) is 3.11. The fourth-order valence-electron chi connectivity index (χ4n) is 1.30. The number of carbonyl (C=O) groups is 1. The van der Waals surface area contributed by atoms with Crippen LogP contribution in [0.15, 0.2) is 18.2 Å². The molecule has 0 fully saturated rings. The van der Waals surface area contributed by atoms with Crippen LogP contribution in [0, 0.1) is 0 Å². The summed E-state index contributed by atoms with van der Waals surface area (Å²) in [6.45, 7) is -0.134. The van der Waals surface area contributed by atoms with E-state index in [2.05, 4.69) is 10.1 Å². The smallest absolute Gasteiger partial charge is 0.416 e. The average molecular weight is 217 g/mol. The molecule has 0 spiro atoms. The summed E-state index contributed by atoms with van der Waals surface area (Å²) in [5, 5.41) is 2.31. The Morgan fingerprint density at radius 3 is 2.73 bits per heavy atom. The van der Waals surface area contributed by atoms with E-state index in [1.807, 2.05) is 0 Å². The predicted octanol–water partition coefficient (Wildman–Crippen LogP) is 2.77. The van der Waals surface area contributed by atoms with Crippen LogP contribution in [-0.2, 0) is 17.5 Å². The van der Waals surface area contributed by atoms with Crippen LogP contribution in [0.1, 0.15) is 11.1 Å². The number of ether oxygens (including phenoxy) is 1. The van der Waals surface area contributed by atoms with Crippen molar-refractivity contribution in [3.05, 3.63) is 29.3 Å². The lowest BCUT2D eigenvalue weighted by Gasteiger charge is -2.18. The first-order valence-corrected chi connectivity index (χ1v) is 4.11. The number of halogens is 3. The second kappa shape index (κ2) is 3.15. The van der Waals surface area contributed by atoms with Crippen LogP contribution in [0.4, 0.5) is 23.7 Å². The summed E-state index contributed by atoms with van der Waals surface area (Å²) in [5.41, 5.74) is -0.0651. The molecule has 1 amide bonds. The number of hydrogen-bond donors (Lipinski definition) is 1. The Morgan fingerprint density at radius 2 is 2.07 bits per heavy atom. The molecule has 0 aliphatic carbocycles. The standard InChI is InChI=1S/C9H6F3NO2/c10-9(11,12)6-1-2-7-5(3-6)4-15-8(14)13-7/h1-3H,4H2,(H,13,14). The zero-order valence-corrected chi connectivity index (χ0v) is 7.39. The number of benzene rings is 1. The molecule has 1 N–H and O–H groups in total. The molecule has 0 saturated carbocycles. The van der Waals surface area contributed by atoms with Crippen LogP contribution in [0.2, 0.25) is 0 Å². The third kappa shape index (κ3) is 1.88. The van der Waals surface area contributed by atoms with Gasteiger partial charge in [0.2, 0.25) is 0 Å². The Hall–Kier alpha value is -1.72. The maximum absolute atomic E-state index is 12.3. The van der Waals surface area contributed by atoms with E-state index in [1.54, 1.807) is 0 Å². The molecule has 0 bridgehead atoms. The Morgan fingerprint density at radius 1 is 1.33 bits per heavy atom. The van der Waals surface area contributed by atoms with Gasteiger partial charge in [-0.15, -0.1) is 0 Å². The van der Waals surface area contributed by atoms with Gasteiger partial charge in [0.05, 0.1) is 11.3 Å². The first kappa shape index (κ1) is 9.82. The first-order valence-electron chi connectivity index (χ1n) is 4.11. The van der Waals surface area contributed by atoms with E-state index in [4.69, 9.17) is 0 Å². The molecule has 1 aromatic carbocycles. The molecule has 6 heteroatoms. The molecule has 15 heavy (non-hydrogen) atoms. The van der Waals surface area contributed by atoms with E-state index in [9.17, 15) is 18.0 Å². The SMILES string of the molecule is O=C1Nc2ccc(C(F)(F)F)cc2CO1. The molecule has 2 rings (SSSR count). The van der Waals surface area contributed by atoms with Gasteiger partial charge in [-0.3, -0.25) is 5.32 Å². The molecule has 0 saturated heterocycles. The number of fused-ring (bicyclic) bond motifs is 1. The lowest BCUT2D eigenvalue weighted by molar-refractivity contribution is -0.137. The minimum Gasteiger partial charge on any atom is -0.444 e. The number of rotatable bonds is 0. The number of alkyl halides is 3. The van der Waals surface area contributed by atoms with Crippen molar-refractivity contribution in [3.8, 4) is 0 Å². The van der Waals surface area contributed by atoms with Crippen molar-refractivity contribution in [1.29, 1.82) is 0 Å². The molecular formula is C9H6F3NO2. The highest BCUT2D eigenvalue weighted by atomic mass is 19.4. The van der Waals surface area contributed by atoms with Gasteiger partial charge in [-0.2, -0.15) is 13.2 Å². The second-order valence-electron chi connectivity index (χ2n) is 3.07. The molecule has 3 nitrogen and oxygen atoms in total. The summed E-state index contributed by atoms with van der Waals surface area (Å²) in [6.07, 6.45) is -5.03. The molecule has 1 aliphatic rings. The topological polar surface area (TPSA) is 38.3 Å². The lowest BCUT2D eigenvalue weighted by Crippen LogP contribution is -2.21. The van der Waals surface area contributed by atoms with Crippen molar-refractivity contribution in [2.45, 2.75) is 12.8 Å². The van der Waals surface area contributed by atoms with Gasteiger partial charge in [0.15, 0.2) is 0 Å². The summed E-state index contributed by atoms with van der Waals surface area (Å²) in [7, 11) is 0. The van der Waals surface area contributed by atoms with Gasteiger partial charge in [-0.1, -0.05) is 0 Å². The highest BCUT2D eigenvalue weighted by Crippen LogP contribution is 2.33. The highest BCUT2D eigenvalue weighted by Gasteiger charge is 2.31. The average Bonchev–Trinajstić information content (AvgIpc) is 2.15. The lowest BCUT2D eigenvalue weighted by atomic mass is 10.1. The number of cyclic esters (lactones) is 1. The molecule has 1 heterocycles. The third-order valence-electron chi connectivity index (χ3n) is 2.03. The first-order chi connectivity index (χ1) is 6.97. The van der Waals surface area contributed by atoms with Gasteiger partial charge < -0.3 is 4.74 Å². The summed E-state index contributed by atoms with van der Waals surface area (Å²) >= 11 is 0. The molecule has 0 unspecified atom stereocenters. The molecule has 0 atom stereocenters. The van der Waals surface area contributed by atoms with Gasteiger partial charge in [-0.05, 0) is 18.2 Å². The summed E-state index contributed by atoms with van der Waals surface area (Å²) in [5.74, 6) is 0. The zero-order valence-electron chi connectivity index (χ0n) is 7.39. The van der Waals surface area contributed by atoms with Crippen LogP contribution in [-0.4, -0.2) is 6.09 Å². The van der Waals surface area contributed by atoms with E-state index in [1.165, 1.54) is 6.07 Å². The molecule has 80 valence electrons. The largest absolute Gasteiger partial charge is 0.444 e. The molecule has 0 aromatic heterocycles. The van der Waals surface area contributed by atoms with E-state index >= 15 is 0 Å². The predicted molar refractivity (Wildman–Crippen MR) is 45.3 cm³/mol. The van der Waals surface area contributed by atoms with Crippen molar-refractivity contribution in [2.75, 3.05) is 5.32 Å². The maximum atomic E-state index is 12.3. The number of amides is 1. The number of carbonyl (C=O) groups excluding carboxylic acids is 1. The van der Waals surface area contributed by atoms with E-state index < -0.39 is 17.8 Å². The minimum atomic E-state index is -4.38. The minimum absolute atomic E-state index is 0.134. The fraction of sp³-hybridized carbons (Fsp3) is 0.222. The fourth-order valence-corrected chi connectivity index (χ4v) is 1.30. The van der Waals surface area contributed by atoms with Crippen molar-refractivity contribution in [3.63, 3.8) is 0 Å². The van der Waals surface area contributed by atoms with Crippen molar-refractivity contribution in [2.24, 2.45) is 0 Å². The summed E-state index contributed by atoms with van der Waals surface area (Å²) in [4.78, 5) is 10.8. The van der Waals surface area contributed by atoms with Crippen LogP contribution in [0.3, 0.4) is 0 Å². The van der Waals surface area contributed by atoms with Gasteiger partial charge in [0.1, 0.15) is 6.61 Å². The van der Waals surface area contributed by atoms with Gasteiger partial charge in [-0.25, -0.2) is 4.79 Å². The maximum Gasteiger partial charge on any atom is 0.416 e. The van der Waals surface area contributed by atoms with E-state index in [0.717, 1.165) is 12.1 Å². The van der Waals surface area contributed by atoms with Crippen LogP contribution < -0.4 is 5.32 Å². The monoisotopic (exact) mass is 217 g/mol. The van der Waals surface area contributed by atoms with Crippen LogP contribution in [0.5, 0.6) is 0 Å². The summed E-state index contributed by atoms with van der Waals surface area (Å²) < 4.78 is 41.5. The number of nitrogens with one attached hydrogen (secondary N) is 1. The van der Waals surface area contributed by atoms with Crippen LogP contribution in [0.25, 0.3) is 0 Å². The van der Waals surface area contributed by atoms with E-state index in [0.29, 0.717) is 11.3 Å². The van der Waals surface area contributed by atoms with Crippen LogP contribution >= 0.6 is 0 Å². The van der Waals surface area contributed by atoms with Gasteiger partial charge >= 0.3 is 12.3 Å². The quantitative estimate of drug-likeness (QED) is 0.725. The normalized spacial score (nSPS) is 15.3. The molecule has 0 radical (unpaired) electrons. The number of hydrogen-bond acceptors (Lipinski definition) is 2. The Balaban J connectivity index is 2.39. The molecule has 1 aromatic rings. The van der Waals surface area contributed by atoms with Gasteiger partial charge in [0.25, 0.3) is 0 Å². The third-order valence-corrected chi connectivity index (χ3v) is 2.03. The Labute approximate surface area is 82.8 Å². The molecular weight excluding hydrogens is 211 g/mol. The highest BCUT2D eigenvalue weighted by molar-refractivity contribution is 5.87. The molecule has 1 aliphatic heterocycles. The van der Waals surface area contributed by atoms with Crippen molar-refractivity contribution < 1.29 is 22.7 Å². The Kier molecular flexibility index (Phi) is 2.06. The van der Waals surface area contributed by atoms with Gasteiger partial charge in [0, 0.05) is 5.56 Å². The van der Waals surface area contributed by atoms with Crippen molar-refractivity contribution >= 4 is 11.8 Å². The second-order valence-corrected chi connectivity index (χ2v) is 3.07. The number of anilines is 1. The zero-order chi connectivity index (χ0) is 11.1. The Bertz CT molecular complexity index is 414. The van der Waals surface area contributed by atoms with E-state index in [-0.39, 0.29) is 6.61 Å².